The molecule has 0 spiro atoms. The Morgan fingerprint density at radius 2 is 1.95 bits per heavy atom. The van der Waals surface area contributed by atoms with E-state index in [1.54, 1.807) is 4.31 Å². The quantitative estimate of drug-likeness (QED) is 0.722. The Kier molecular flexibility index (Phi) is 5.40. The Balaban J connectivity index is 2.11. The van der Waals surface area contributed by atoms with Gasteiger partial charge in [0.1, 0.15) is 0 Å². The molecule has 20 heavy (non-hydrogen) atoms. The van der Waals surface area contributed by atoms with Gasteiger partial charge in [0.25, 0.3) is 0 Å². The van der Waals surface area contributed by atoms with Gasteiger partial charge in [0.15, 0.2) is 0 Å². The molecule has 2 fully saturated rings. The first-order chi connectivity index (χ1) is 9.55. The molecule has 2 heterocycles. The van der Waals surface area contributed by atoms with Crippen LogP contribution in [-0.2, 0) is 24.3 Å². The second-order valence-electron chi connectivity index (χ2n) is 5.40. The lowest BCUT2D eigenvalue weighted by Crippen LogP contribution is -2.49. The van der Waals surface area contributed by atoms with Gasteiger partial charge < -0.3 is 9.47 Å². The Morgan fingerprint density at radius 1 is 1.25 bits per heavy atom. The van der Waals surface area contributed by atoms with Gasteiger partial charge in [-0.15, -0.1) is 0 Å². The molecule has 116 valence electrons. The lowest BCUT2D eigenvalue weighted by molar-refractivity contribution is -0.141. The number of ether oxygens (including phenoxy) is 2. The molecular weight excluding hydrogens is 282 g/mol. The molecule has 0 bridgehead atoms. The Bertz CT molecular complexity index is 430. The van der Waals surface area contributed by atoms with Gasteiger partial charge in [-0.1, -0.05) is 6.42 Å². The van der Waals surface area contributed by atoms with Crippen LogP contribution >= 0.6 is 0 Å². The Morgan fingerprint density at radius 3 is 2.60 bits per heavy atom. The van der Waals surface area contributed by atoms with Crippen LogP contribution in [0.4, 0.5) is 0 Å². The van der Waals surface area contributed by atoms with E-state index in [4.69, 9.17) is 4.74 Å². The summed E-state index contributed by atoms with van der Waals surface area (Å²) in [5.41, 5.74) is 0. The van der Waals surface area contributed by atoms with Crippen LogP contribution in [0.25, 0.3) is 0 Å². The van der Waals surface area contributed by atoms with E-state index in [-0.39, 0.29) is 23.7 Å². The van der Waals surface area contributed by atoms with E-state index in [1.807, 2.05) is 0 Å². The summed E-state index contributed by atoms with van der Waals surface area (Å²) in [4.78, 5) is 11.5. The number of esters is 1. The predicted octanol–water partition coefficient (Wildman–Crippen LogP) is 0.913. The highest BCUT2D eigenvalue weighted by Gasteiger charge is 2.39. The number of carbonyl (C=O) groups is 1. The van der Waals surface area contributed by atoms with Crippen LogP contribution in [-0.4, -0.2) is 56.9 Å². The monoisotopic (exact) mass is 305 g/mol. The van der Waals surface area contributed by atoms with Crippen molar-refractivity contribution in [2.45, 2.75) is 49.8 Å². The number of sulfonamides is 1. The highest BCUT2D eigenvalue weighted by molar-refractivity contribution is 7.89. The van der Waals surface area contributed by atoms with Gasteiger partial charge in [-0.25, -0.2) is 8.42 Å². The number of nitrogens with zero attached hydrogens (tertiary/aromatic N) is 1. The molecule has 7 heteroatoms. The Hall–Kier alpha value is -0.660. The molecule has 0 aromatic rings. The van der Waals surface area contributed by atoms with Crippen LogP contribution in [0.3, 0.4) is 0 Å². The third-order valence-corrected chi connectivity index (χ3v) is 6.57. The largest absolute Gasteiger partial charge is 0.469 e. The molecule has 2 aliphatic rings. The summed E-state index contributed by atoms with van der Waals surface area (Å²) < 4.78 is 36.9. The summed E-state index contributed by atoms with van der Waals surface area (Å²) >= 11 is 0. The topological polar surface area (TPSA) is 72.9 Å². The maximum atomic E-state index is 12.7. The fourth-order valence-electron chi connectivity index (χ4n) is 2.95. The van der Waals surface area contributed by atoms with Crippen LogP contribution < -0.4 is 0 Å². The van der Waals surface area contributed by atoms with Gasteiger partial charge in [-0.2, -0.15) is 4.31 Å². The molecule has 2 saturated heterocycles. The molecular formula is C13H23NO5S. The first kappa shape index (κ1) is 15.7. The summed E-state index contributed by atoms with van der Waals surface area (Å²) in [6.07, 6.45) is 3.80. The molecule has 2 aliphatic heterocycles. The SMILES string of the molecule is COC(=O)CC1CCCCN1S(=O)(=O)C1CCOCC1. The number of methoxy groups -OCH3 is 1. The van der Waals surface area contributed by atoms with Crippen LogP contribution in [0.5, 0.6) is 0 Å². The van der Waals surface area contributed by atoms with Crippen molar-refractivity contribution in [3.05, 3.63) is 0 Å². The standard InChI is InChI=1S/C13H23NO5S/c1-18-13(15)10-11-4-2-3-7-14(11)20(16,17)12-5-8-19-9-6-12/h11-12H,2-10H2,1H3. The fourth-order valence-corrected chi connectivity index (χ4v) is 5.10. The zero-order valence-corrected chi connectivity index (χ0v) is 12.7. The smallest absolute Gasteiger partial charge is 0.307 e. The third-order valence-electron chi connectivity index (χ3n) is 4.12. The van der Waals surface area contributed by atoms with Crippen LogP contribution in [0, 0.1) is 0 Å². The second kappa shape index (κ2) is 6.87. The molecule has 0 saturated carbocycles. The van der Waals surface area contributed by atoms with Gasteiger partial charge in [0.2, 0.25) is 10.0 Å². The lowest BCUT2D eigenvalue weighted by Gasteiger charge is -2.37. The summed E-state index contributed by atoms with van der Waals surface area (Å²) in [6.45, 7) is 1.51. The van der Waals surface area contributed by atoms with E-state index in [9.17, 15) is 13.2 Å². The van der Waals surface area contributed by atoms with E-state index in [2.05, 4.69) is 4.74 Å². The van der Waals surface area contributed by atoms with Crippen LogP contribution in [0.1, 0.15) is 38.5 Å². The van der Waals surface area contributed by atoms with Gasteiger partial charge in [-0.05, 0) is 25.7 Å². The number of hydrogen-bond acceptors (Lipinski definition) is 5. The van der Waals surface area contributed by atoms with Gasteiger partial charge in [0, 0.05) is 25.8 Å². The molecule has 0 aliphatic carbocycles. The average Bonchev–Trinajstić information content (AvgIpc) is 2.48. The summed E-state index contributed by atoms with van der Waals surface area (Å²) in [5.74, 6) is -0.343. The van der Waals surface area contributed by atoms with E-state index in [0.29, 0.717) is 32.6 Å². The first-order valence-corrected chi connectivity index (χ1v) is 8.71. The highest BCUT2D eigenvalue weighted by Crippen LogP contribution is 2.28. The van der Waals surface area contributed by atoms with Gasteiger partial charge in [0.05, 0.1) is 18.8 Å². The lowest BCUT2D eigenvalue weighted by atomic mass is 10.0. The van der Waals surface area contributed by atoms with Crippen molar-refractivity contribution in [1.29, 1.82) is 0 Å². The van der Waals surface area contributed by atoms with E-state index >= 15 is 0 Å². The molecule has 0 radical (unpaired) electrons. The number of carbonyl (C=O) groups excluding carboxylic acids is 1. The van der Waals surface area contributed by atoms with Gasteiger partial charge >= 0.3 is 5.97 Å². The highest BCUT2D eigenvalue weighted by atomic mass is 32.2. The Labute approximate surface area is 120 Å². The number of piperidine rings is 1. The fraction of sp³-hybridized carbons (Fsp3) is 0.923. The van der Waals surface area contributed by atoms with Crippen molar-refractivity contribution in [3.63, 3.8) is 0 Å². The predicted molar refractivity (Wildman–Crippen MR) is 73.7 cm³/mol. The van der Waals surface area contributed by atoms with Crippen LogP contribution in [0.2, 0.25) is 0 Å². The van der Waals surface area contributed by atoms with Crippen molar-refractivity contribution in [2.24, 2.45) is 0 Å². The average molecular weight is 305 g/mol. The molecule has 2 rings (SSSR count). The first-order valence-electron chi connectivity index (χ1n) is 7.21. The summed E-state index contributed by atoms with van der Waals surface area (Å²) in [6, 6.07) is -0.246. The minimum atomic E-state index is -3.34. The van der Waals surface area contributed by atoms with Crippen molar-refractivity contribution < 1.29 is 22.7 Å². The van der Waals surface area contributed by atoms with E-state index in [0.717, 1.165) is 19.3 Å². The minimum absolute atomic E-state index is 0.152. The third kappa shape index (κ3) is 3.51. The van der Waals surface area contributed by atoms with Gasteiger partial charge in [-0.3, -0.25) is 4.79 Å². The van der Waals surface area contributed by atoms with Crippen molar-refractivity contribution in [1.82, 2.24) is 4.31 Å². The van der Waals surface area contributed by atoms with Crippen molar-refractivity contribution in [3.8, 4) is 0 Å². The molecule has 0 aromatic heterocycles. The van der Waals surface area contributed by atoms with E-state index < -0.39 is 10.0 Å². The minimum Gasteiger partial charge on any atom is -0.469 e. The maximum absolute atomic E-state index is 12.7. The zero-order valence-electron chi connectivity index (χ0n) is 11.9. The molecule has 1 unspecified atom stereocenters. The van der Waals surface area contributed by atoms with E-state index in [1.165, 1.54) is 7.11 Å². The molecule has 0 amide bonds. The molecule has 0 aromatic carbocycles. The zero-order chi connectivity index (χ0) is 14.6. The van der Waals surface area contributed by atoms with Crippen LogP contribution in [0.15, 0.2) is 0 Å². The maximum Gasteiger partial charge on any atom is 0.307 e. The normalized spacial score (nSPS) is 26.4. The summed E-state index contributed by atoms with van der Waals surface area (Å²) in [7, 11) is -2.01. The number of hydrogen-bond donors (Lipinski definition) is 0. The number of rotatable bonds is 4. The second-order valence-corrected chi connectivity index (χ2v) is 7.56. The summed E-state index contributed by atoms with van der Waals surface area (Å²) in [5, 5.41) is -0.366. The molecule has 0 N–H and O–H groups in total. The van der Waals surface area contributed by atoms with Crippen molar-refractivity contribution >= 4 is 16.0 Å². The van der Waals surface area contributed by atoms with Crippen molar-refractivity contribution in [2.75, 3.05) is 26.9 Å². The molecule has 6 nitrogen and oxygen atoms in total. The molecule has 1 atom stereocenters.